The van der Waals surface area contributed by atoms with Gasteiger partial charge < -0.3 is 34.4 Å². The Morgan fingerprint density at radius 2 is 1.92 bits per heavy atom. The van der Waals surface area contributed by atoms with Gasteiger partial charge in [0.2, 0.25) is 5.82 Å². The zero-order chi connectivity index (χ0) is 28.0. The molecule has 0 radical (unpaired) electrons. The monoisotopic (exact) mass is 584 g/mol. The van der Waals surface area contributed by atoms with Gasteiger partial charge in [-0.25, -0.2) is 13.2 Å². The minimum Gasteiger partial charge on any atom is -0.442 e. The van der Waals surface area contributed by atoms with E-state index in [9.17, 15) is 18.4 Å². The van der Waals surface area contributed by atoms with Crippen LogP contribution >= 0.6 is 11.7 Å². The molecule has 0 unspecified atom stereocenters. The van der Waals surface area contributed by atoms with E-state index in [0.29, 0.717) is 32.1 Å². The number of nitrogens with one attached hydrogen (secondary N) is 1. The van der Waals surface area contributed by atoms with Crippen LogP contribution in [0.4, 0.5) is 5.82 Å². The highest BCUT2D eigenvalue weighted by Gasteiger charge is 2.36. The Morgan fingerprint density at radius 3 is 2.62 bits per heavy atom. The number of carbonyl (C=O) groups is 1. The summed E-state index contributed by atoms with van der Waals surface area (Å²) in [5.74, 6) is -0.907. The number of hydrogen-bond acceptors (Lipinski definition) is 15. The van der Waals surface area contributed by atoms with Crippen molar-refractivity contribution in [2.24, 2.45) is 0 Å². The van der Waals surface area contributed by atoms with Crippen LogP contribution in [0.1, 0.15) is 20.8 Å². The predicted octanol–water partition coefficient (Wildman–Crippen LogP) is 0.544. The Morgan fingerprint density at radius 1 is 1.21 bits per heavy atom. The molecule has 1 atom stereocenters. The third kappa shape index (κ3) is 7.31. The maximum atomic E-state index is 12.9. The van der Waals surface area contributed by atoms with Gasteiger partial charge in [-0.1, -0.05) is 18.2 Å². The number of sulfone groups is 1. The van der Waals surface area contributed by atoms with Crippen molar-refractivity contribution in [3.05, 3.63) is 35.5 Å². The average molecular weight is 585 g/mol. The van der Waals surface area contributed by atoms with Crippen molar-refractivity contribution in [3.63, 3.8) is 0 Å². The van der Waals surface area contributed by atoms with Crippen LogP contribution in [-0.2, 0) is 24.1 Å². The number of ether oxygens (including phenoxy) is 4. The van der Waals surface area contributed by atoms with E-state index in [1.165, 1.54) is 24.3 Å². The molecule has 1 aliphatic rings. The van der Waals surface area contributed by atoms with Crippen LogP contribution in [0, 0.1) is 5.21 Å². The number of carbonyl (C=O) groups excluding carboxylic acids is 1. The number of morpholine rings is 1. The molecular formula is C22H28N6O9S2. The molecule has 4 rings (SSSR count). The molecule has 0 bridgehead atoms. The van der Waals surface area contributed by atoms with Gasteiger partial charge in [0.05, 0.1) is 41.5 Å². The molecule has 15 nitrogen and oxygen atoms in total. The minimum absolute atomic E-state index is 0.0907. The summed E-state index contributed by atoms with van der Waals surface area (Å²) in [7, 11) is -4.35. The summed E-state index contributed by atoms with van der Waals surface area (Å²) in [4.78, 5) is 14.2. The summed E-state index contributed by atoms with van der Waals surface area (Å²) in [5.41, 5.74) is -0.332. The lowest BCUT2D eigenvalue weighted by molar-refractivity contribution is -0.832. The summed E-state index contributed by atoms with van der Waals surface area (Å²) >= 11 is 0.956. The van der Waals surface area contributed by atoms with Crippen LogP contribution in [0.2, 0.25) is 0 Å². The molecule has 39 heavy (non-hydrogen) atoms. The number of benzene rings is 1. The largest absolute Gasteiger partial charge is 0.442 e. The zero-order valence-electron chi connectivity index (χ0n) is 21.4. The number of rotatable bonds is 11. The van der Waals surface area contributed by atoms with Crippen molar-refractivity contribution in [2.45, 2.75) is 42.5 Å². The third-order valence-corrected chi connectivity index (χ3v) is 7.47. The first-order valence-corrected chi connectivity index (χ1v) is 14.0. The molecule has 3 heterocycles. The highest BCUT2D eigenvalue weighted by Crippen LogP contribution is 2.28. The molecular weight excluding hydrogens is 556 g/mol. The van der Waals surface area contributed by atoms with Crippen LogP contribution in [0.25, 0.3) is 0 Å². The molecule has 1 aromatic carbocycles. The summed E-state index contributed by atoms with van der Waals surface area (Å²) < 4.78 is 60.7. The predicted molar refractivity (Wildman–Crippen MR) is 134 cm³/mol. The van der Waals surface area contributed by atoms with E-state index >= 15 is 0 Å². The number of esters is 1. The molecule has 0 saturated carbocycles. The van der Waals surface area contributed by atoms with Crippen molar-refractivity contribution in [1.82, 2.24) is 19.2 Å². The second kappa shape index (κ2) is 12.1. The van der Waals surface area contributed by atoms with E-state index in [1.54, 1.807) is 6.07 Å². The van der Waals surface area contributed by atoms with Crippen molar-refractivity contribution < 1.29 is 41.7 Å². The SMILES string of the molecule is CC(C)(C)NC[C@H](OC(=O)COc1no[n+]([O-])c1S(=O)(=O)c1ccccc1)Oc1nsnc1N1CCOCC1. The van der Waals surface area contributed by atoms with Crippen molar-refractivity contribution >= 4 is 33.4 Å². The first-order valence-electron chi connectivity index (χ1n) is 11.8. The molecule has 0 aliphatic carbocycles. The quantitative estimate of drug-likeness (QED) is 0.187. The highest BCUT2D eigenvalue weighted by molar-refractivity contribution is 7.91. The van der Waals surface area contributed by atoms with Crippen molar-refractivity contribution in [1.29, 1.82) is 0 Å². The molecule has 1 aliphatic heterocycles. The Hall–Kier alpha value is -3.54. The fourth-order valence-electron chi connectivity index (χ4n) is 3.39. The van der Waals surface area contributed by atoms with E-state index in [2.05, 4.69) is 23.8 Å². The van der Waals surface area contributed by atoms with Crippen LogP contribution in [0.3, 0.4) is 0 Å². The molecule has 212 valence electrons. The number of anilines is 1. The Bertz CT molecular complexity index is 1350. The van der Waals surface area contributed by atoms with Crippen LogP contribution in [0.15, 0.2) is 44.9 Å². The molecule has 1 N–H and O–H groups in total. The molecule has 0 amide bonds. The van der Waals surface area contributed by atoms with Gasteiger partial charge >= 0.3 is 16.9 Å². The maximum absolute atomic E-state index is 12.9. The van der Waals surface area contributed by atoms with E-state index in [0.717, 1.165) is 11.7 Å². The molecule has 17 heteroatoms. The average Bonchev–Trinajstić information content (AvgIpc) is 3.53. The first kappa shape index (κ1) is 28.5. The normalized spacial score (nSPS) is 15.1. The van der Waals surface area contributed by atoms with Crippen LogP contribution < -0.4 is 24.6 Å². The zero-order valence-corrected chi connectivity index (χ0v) is 23.1. The second-order valence-corrected chi connectivity index (χ2v) is 11.7. The fourth-order valence-corrected chi connectivity index (χ4v) is 5.19. The fraction of sp³-hybridized carbons (Fsp3) is 0.500. The Kier molecular flexibility index (Phi) is 8.83. The van der Waals surface area contributed by atoms with E-state index in [4.69, 9.17) is 18.9 Å². The standard InChI is InChI=1S/C22H28N6O9S2/c1-22(2,3)23-13-17(36-19-18(25-38-26-19)27-9-11-33-12-10-27)35-16(29)14-34-20-21(28(30)37-24-20)39(31,32)15-7-5-4-6-8-15/h4-8,17,23H,9-14H2,1-3H3/t17-/m1/s1. The number of hydrogen-bond donors (Lipinski definition) is 1. The Balaban J connectivity index is 1.45. The third-order valence-electron chi connectivity index (χ3n) is 5.24. The lowest BCUT2D eigenvalue weighted by atomic mass is 10.1. The van der Waals surface area contributed by atoms with Gasteiger partial charge in [0.25, 0.3) is 22.0 Å². The topological polar surface area (TPSA) is 182 Å². The molecule has 2 aromatic heterocycles. The van der Waals surface area contributed by atoms with E-state index < -0.39 is 39.6 Å². The number of nitrogens with zero attached hydrogens (tertiary/aromatic N) is 5. The lowest BCUT2D eigenvalue weighted by Crippen LogP contribution is -2.45. The highest BCUT2D eigenvalue weighted by atomic mass is 32.2. The minimum atomic E-state index is -4.35. The smallest absolute Gasteiger partial charge is 0.415 e. The van der Waals surface area contributed by atoms with Gasteiger partial charge in [0.1, 0.15) is 0 Å². The molecule has 1 fully saturated rings. The van der Waals surface area contributed by atoms with E-state index in [-0.39, 0.29) is 27.8 Å². The van der Waals surface area contributed by atoms with Gasteiger partial charge in [-0.05, 0) is 37.8 Å². The summed E-state index contributed by atoms with van der Waals surface area (Å²) in [6, 6.07) is 7.18. The molecule has 0 spiro atoms. The first-order chi connectivity index (χ1) is 18.5. The van der Waals surface area contributed by atoms with Crippen molar-refractivity contribution in [3.8, 4) is 11.8 Å². The number of aromatic nitrogens is 4. The molecule has 3 aromatic rings. The summed E-state index contributed by atoms with van der Waals surface area (Å²) in [6.07, 6.45) is -1.14. The summed E-state index contributed by atoms with van der Waals surface area (Å²) in [5, 5.41) is 17.7. The van der Waals surface area contributed by atoms with Gasteiger partial charge in [-0.3, -0.25) is 4.63 Å². The van der Waals surface area contributed by atoms with Crippen molar-refractivity contribution in [2.75, 3.05) is 44.4 Å². The van der Waals surface area contributed by atoms with Gasteiger partial charge in [0, 0.05) is 18.6 Å². The molecule has 1 saturated heterocycles. The van der Waals surface area contributed by atoms with Gasteiger partial charge in [-0.2, -0.15) is 4.37 Å². The van der Waals surface area contributed by atoms with Gasteiger partial charge in [0.15, 0.2) is 6.61 Å². The maximum Gasteiger partial charge on any atom is 0.415 e. The van der Waals surface area contributed by atoms with Crippen LogP contribution in [0.5, 0.6) is 11.8 Å². The Labute approximate surface area is 228 Å². The van der Waals surface area contributed by atoms with Crippen LogP contribution in [-0.4, -0.2) is 79.6 Å². The van der Waals surface area contributed by atoms with E-state index in [1.807, 2.05) is 25.7 Å². The lowest BCUT2D eigenvalue weighted by Gasteiger charge is -2.28. The second-order valence-electron chi connectivity index (χ2n) is 9.31. The van der Waals surface area contributed by atoms with Gasteiger partial charge in [-0.15, -0.1) is 4.37 Å². The summed E-state index contributed by atoms with van der Waals surface area (Å²) in [6.45, 7) is 7.36.